The van der Waals surface area contributed by atoms with Gasteiger partial charge in [0.2, 0.25) is 5.89 Å². The summed E-state index contributed by atoms with van der Waals surface area (Å²) in [6, 6.07) is 0.958. The maximum Gasteiger partial charge on any atom is 0.243 e. The molecule has 19 heavy (non-hydrogen) atoms. The van der Waals surface area contributed by atoms with Gasteiger partial charge in [0.05, 0.1) is 6.04 Å². The molecule has 1 atom stereocenters. The molecule has 0 aromatic carbocycles. The molecule has 2 fully saturated rings. The molecule has 1 unspecified atom stereocenters. The first-order valence-corrected chi connectivity index (χ1v) is 7.25. The highest BCUT2D eigenvalue weighted by Gasteiger charge is 2.37. The van der Waals surface area contributed by atoms with Crippen LogP contribution in [-0.4, -0.2) is 76.7 Å². The molecule has 3 rings (SSSR count). The van der Waals surface area contributed by atoms with Gasteiger partial charge in [-0.15, -0.1) is 0 Å². The summed E-state index contributed by atoms with van der Waals surface area (Å²) in [6.45, 7) is 12.6. The van der Waals surface area contributed by atoms with Crippen LogP contribution in [0.5, 0.6) is 0 Å². The monoisotopic (exact) mass is 265 g/mol. The van der Waals surface area contributed by atoms with Crippen LogP contribution in [0.2, 0.25) is 0 Å². The Bertz CT molecular complexity index is 382. The Balaban J connectivity index is 1.45. The van der Waals surface area contributed by atoms with E-state index in [0.717, 1.165) is 19.0 Å². The highest BCUT2D eigenvalue weighted by atomic mass is 16.5. The molecule has 0 aliphatic carbocycles. The molecule has 0 spiro atoms. The lowest BCUT2D eigenvalue weighted by Gasteiger charge is -2.49. The Labute approximate surface area is 114 Å². The summed E-state index contributed by atoms with van der Waals surface area (Å²) in [4.78, 5) is 11.7. The van der Waals surface area contributed by atoms with Crippen LogP contribution in [0, 0.1) is 0 Å². The molecule has 2 aliphatic heterocycles. The smallest absolute Gasteiger partial charge is 0.243 e. The van der Waals surface area contributed by atoms with Crippen LogP contribution in [0.15, 0.2) is 10.9 Å². The summed E-state index contributed by atoms with van der Waals surface area (Å²) in [5, 5.41) is 3.68. The van der Waals surface area contributed by atoms with E-state index in [1.807, 2.05) is 0 Å². The second-order valence-electron chi connectivity index (χ2n) is 5.53. The first-order chi connectivity index (χ1) is 9.28. The van der Waals surface area contributed by atoms with Crippen molar-refractivity contribution in [1.29, 1.82) is 0 Å². The second-order valence-corrected chi connectivity index (χ2v) is 5.53. The van der Waals surface area contributed by atoms with Gasteiger partial charge < -0.3 is 9.42 Å². The summed E-state index contributed by atoms with van der Waals surface area (Å²) in [6.07, 6.45) is 1.48. The molecular weight excluding hydrogens is 242 g/mol. The highest BCUT2D eigenvalue weighted by Crippen LogP contribution is 2.26. The van der Waals surface area contributed by atoms with Crippen LogP contribution in [0.3, 0.4) is 0 Å². The first-order valence-electron chi connectivity index (χ1n) is 7.25. The average molecular weight is 265 g/mol. The second kappa shape index (κ2) is 5.56. The van der Waals surface area contributed by atoms with Gasteiger partial charge in [0.25, 0.3) is 0 Å². The third-order valence-corrected chi connectivity index (χ3v) is 4.54. The Morgan fingerprint density at radius 1 is 1.32 bits per heavy atom. The fourth-order valence-corrected chi connectivity index (χ4v) is 3.00. The third-order valence-electron chi connectivity index (χ3n) is 4.54. The van der Waals surface area contributed by atoms with Crippen molar-refractivity contribution in [2.24, 2.45) is 0 Å². The van der Waals surface area contributed by atoms with Gasteiger partial charge in [0.15, 0.2) is 6.33 Å². The predicted molar refractivity (Wildman–Crippen MR) is 71.8 cm³/mol. The third kappa shape index (κ3) is 2.66. The standard InChI is InChI=1S/C13H23N5O/c1-3-16-4-6-17(7-5-16)12-8-18(9-12)11(2)13-14-10-15-19-13/h10-12H,3-9H2,1-2H3. The number of rotatable bonds is 4. The maximum atomic E-state index is 5.14. The quantitative estimate of drug-likeness (QED) is 0.788. The topological polar surface area (TPSA) is 48.6 Å². The SMILES string of the molecule is CCN1CCN(C2CN(C(C)c3ncno3)C2)CC1. The van der Waals surface area contributed by atoms with Gasteiger partial charge in [-0.05, 0) is 13.5 Å². The minimum absolute atomic E-state index is 0.246. The minimum atomic E-state index is 0.246. The van der Waals surface area contributed by atoms with Crippen molar-refractivity contribution >= 4 is 0 Å². The summed E-state index contributed by atoms with van der Waals surface area (Å²) in [7, 11) is 0. The normalized spacial score (nSPS) is 25.4. The van der Waals surface area contributed by atoms with Crippen molar-refractivity contribution in [3.63, 3.8) is 0 Å². The van der Waals surface area contributed by atoms with Gasteiger partial charge >= 0.3 is 0 Å². The molecule has 2 saturated heterocycles. The number of hydrogen-bond donors (Lipinski definition) is 0. The first kappa shape index (κ1) is 13.0. The fraction of sp³-hybridized carbons (Fsp3) is 0.846. The van der Waals surface area contributed by atoms with E-state index in [1.54, 1.807) is 0 Å². The maximum absolute atomic E-state index is 5.14. The molecule has 2 aliphatic rings. The van der Waals surface area contributed by atoms with Gasteiger partial charge in [-0.1, -0.05) is 12.1 Å². The number of piperazine rings is 1. The van der Waals surface area contributed by atoms with Crippen LogP contribution in [-0.2, 0) is 0 Å². The average Bonchev–Trinajstić information content (AvgIpc) is 2.91. The van der Waals surface area contributed by atoms with Crippen LogP contribution in [0.4, 0.5) is 0 Å². The van der Waals surface area contributed by atoms with Crippen LogP contribution in [0.25, 0.3) is 0 Å². The van der Waals surface area contributed by atoms with Crippen molar-refractivity contribution in [2.45, 2.75) is 25.9 Å². The number of hydrogen-bond acceptors (Lipinski definition) is 6. The van der Waals surface area contributed by atoms with E-state index < -0.39 is 0 Å². The van der Waals surface area contributed by atoms with Crippen LogP contribution >= 0.6 is 0 Å². The fourth-order valence-electron chi connectivity index (χ4n) is 3.00. The van der Waals surface area contributed by atoms with Crippen molar-refractivity contribution in [3.05, 3.63) is 12.2 Å². The van der Waals surface area contributed by atoms with Crippen LogP contribution in [0.1, 0.15) is 25.8 Å². The largest absolute Gasteiger partial charge is 0.338 e. The van der Waals surface area contributed by atoms with E-state index in [2.05, 4.69) is 38.7 Å². The lowest BCUT2D eigenvalue weighted by atomic mass is 10.0. The molecule has 0 N–H and O–H groups in total. The number of nitrogens with zero attached hydrogens (tertiary/aromatic N) is 5. The van der Waals surface area contributed by atoms with Crippen molar-refractivity contribution in [3.8, 4) is 0 Å². The molecule has 0 amide bonds. The molecule has 6 nitrogen and oxygen atoms in total. The lowest BCUT2D eigenvalue weighted by molar-refractivity contribution is -0.0189. The van der Waals surface area contributed by atoms with E-state index in [-0.39, 0.29) is 6.04 Å². The highest BCUT2D eigenvalue weighted by molar-refractivity contribution is 4.96. The van der Waals surface area contributed by atoms with E-state index in [1.165, 1.54) is 39.1 Å². The number of likely N-dealkylation sites (N-methyl/N-ethyl adjacent to an activating group) is 1. The predicted octanol–water partition coefficient (Wildman–Crippen LogP) is 0.452. The van der Waals surface area contributed by atoms with Crippen molar-refractivity contribution in [1.82, 2.24) is 24.8 Å². The molecule has 0 saturated carbocycles. The molecule has 1 aromatic heterocycles. The molecule has 6 heteroatoms. The molecule has 0 radical (unpaired) electrons. The summed E-state index contributed by atoms with van der Waals surface area (Å²) in [5.41, 5.74) is 0. The Hall–Kier alpha value is -0.980. The zero-order chi connectivity index (χ0) is 13.2. The number of likely N-dealkylation sites (tertiary alicyclic amines) is 1. The summed E-state index contributed by atoms with van der Waals surface area (Å²) < 4.78 is 5.14. The van der Waals surface area contributed by atoms with Gasteiger partial charge in [0.1, 0.15) is 0 Å². The molecular formula is C13H23N5O. The van der Waals surface area contributed by atoms with E-state index in [4.69, 9.17) is 4.52 Å². The van der Waals surface area contributed by atoms with Crippen molar-refractivity contribution in [2.75, 3.05) is 45.8 Å². The lowest BCUT2D eigenvalue weighted by Crippen LogP contribution is -2.63. The van der Waals surface area contributed by atoms with Gasteiger partial charge in [0, 0.05) is 45.3 Å². The zero-order valence-electron chi connectivity index (χ0n) is 11.8. The minimum Gasteiger partial charge on any atom is -0.338 e. The van der Waals surface area contributed by atoms with E-state index in [0.29, 0.717) is 6.04 Å². The Morgan fingerprint density at radius 2 is 2.05 bits per heavy atom. The van der Waals surface area contributed by atoms with Gasteiger partial charge in [-0.25, -0.2) is 0 Å². The van der Waals surface area contributed by atoms with E-state index in [9.17, 15) is 0 Å². The molecule has 3 heterocycles. The summed E-state index contributed by atoms with van der Waals surface area (Å²) >= 11 is 0. The van der Waals surface area contributed by atoms with E-state index >= 15 is 0 Å². The molecule has 106 valence electrons. The number of aromatic nitrogens is 2. The van der Waals surface area contributed by atoms with Crippen LogP contribution < -0.4 is 0 Å². The zero-order valence-corrected chi connectivity index (χ0v) is 11.8. The Kier molecular flexibility index (Phi) is 3.81. The van der Waals surface area contributed by atoms with Crippen molar-refractivity contribution < 1.29 is 4.52 Å². The Morgan fingerprint density at radius 3 is 2.63 bits per heavy atom. The molecule has 1 aromatic rings. The van der Waals surface area contributed by atoms with Gasteiger partial charge in [-0.2, -0.15) is 4.98 Å². The summed E-state index contributed by atoms with van der Waals surface area (Å²) in [5.74, 6) is 0.731. The molecule has 0 bridgehead atoms. The van der Waals surface area contributed by atoms with Gasteiger partial charge in [-0.3, -0.25) is 9.80 Å².